The molecule has 0 aliphatic heterocycles. The highest BCUT2D eigenvalue weighted by Gasteiger charge is 2.12. The molecule has 1 atom stereocenters. The molecule has 0 bridgehead atoms. The van der Waals surface area contributed by atoms with Crippen molar-refractivity contribution in [2.75, 3.05) is 11.9 Å². The maximum Gasteiger partial charge on any atom is 0.255 e. The minimum absolute atomic E-state index is 0.154. The number of anilines is 1. The number of rotatable bonds is 7. The van der Waals surface area contributed by atoms with E-state index < -0.39 is 6.10 Å². The molecule has 152 valence electrons. The van der Waals surface area contributed by atoms with Gasteiger partial charge < -0.3 is 19.7 Å². The lowest BCUT2D eigenvalue weighted by Crippen LogP contribution is -2.24. The van der Waals surface area contributed by atoms with Crippen molar-refractivity contribution in [2.24, 2.45) is 0 Å². The first-order valence-corrected chi connectivity index (χ1v) is 9.79. The number of nitrogens with one attached hydrogen (secondary N) is 1. The third kappa shape index (κ3) is 4.50. The second kappa shape index (κ2) is 8.80. The molecule has 2 N–H and O–H groups in total. The van der Waals surface area contributed by atoms with Crippen LogP contribution in [0.2, 0.25) is 0 Å². The van der Waals surface area contributed by atoms with Crippen molar-refractivity contribution < 1.29 is 14.6 Å². The first-order valence-electron chi connectivity index (χ1n) is 9.79. The van der Waals surface area contributed by atoms with Gasteiger partial charge in [0.15, 0.2) is 0 Å². The van der Waals surface area contributed by atoms with E-state index >= 15 is 0 Å². The number of benzene rings is 3. The Morgan fingerprint density at radius 3 is 2.50 bits per heavy atom. The molecule has 0 spiro atoms. The number of carbonyl (C=O) groups excluding carboxylic acids is 1. The van der Waals surface area contributed by atoms with Gasteiger partial charge in [-0.15, -0.1) is 0 Å². The highest BCUT2D eigenvalue weighted by molar-refractivity contribution is 6.04. The third-order valence-corrected chi connectivity index (χ3v) is 4.83. The van der Waals surface area contributed by atoms with Crippen molar-refractivity contribution in [3.8, 4) is 5.75 Å². The van der Waals surface area contributed by atoms with Crippen LogP contribution < -0.4 is 10.1 Å². The number of imidazole rings is 1. The molecule has 4 rings (SSSR count). The number of para-hydroxylation sites is 2. The van der Waals surface area contributed by atoms with Gasteiger partial charge in [-0.3, -0.25) is 4.79 Å². The second-order valence-corrected chi connectivity index (χ2v) is 7.07. The highest BCUT2D eigenvalue weighted by atomic mass is 16.5. The monoisotopic (exact) mass is 401 g/mol. The van der Waals surface area contributed by atoms with Crippen LogP contribution in [0, 0.1) is 6.92 Å². The number of hydrogen-bond acceptors (Lipinski definition) is 4. The molecule has 0 saturated heterocycles. The molecule has 6 heteroatoms. The molecule has 1 aromatic heterocycles. The first kappa shape index (κ1) is 19.7. The van der Waals surface area contributed by atoms with E-state index in [0.29, 0.717) is 23.5 Å². The van der Waals surface area contributed by atoms with E-state index in [0.717, 1.165) is 16.9 Å². The Morgan fingerprint density at radius 2 is 1.73 bits per heavy atom. The summed E-state index contributed by atoms with van der Waals surface area (Å²) in [7, 11) is 0. The normalized spacial score (nSPS) is 11.9. The average molecular weight is 401 g/mol. The number of nitrogens with zero attached hydrogens (tertiary/aromatic N) is 2. The summed E-state index contributed by atoms with van der Waals surface area (Å²) in [5.41, 5.74) is 3.18. The zero-order valence-electron chi connectivity index (χ0n) is 16.7. The maximum atomic E-state index is 12.2. The number of amides is 1. The van der Waals surface area contributed by atoms with Crippen molar-refractivity contribution in [2.45, 2.75) is 19.6 Å². The van der Waals surface area contributed by atoms with Gasteiger partial charge in [0.2, 0.25) is 0 Å². The summed E-state index contributed by atoms with van der Waals surface area (Å²) in [5, 5.41) is 13.3. The van der Waals surface area contributed by atoms with Gasteiger partial charge in [0, 0.05) is 11.3 Å². The smallest absolute Gasteiger partial charge is 0.255 e. The maximum absolute atomic E-state index is 12.2. The lowest BCUT2D eigenvalue weighted by Gasteiger charge is -2.15. The number of aliphatic hydroxyl groups excluding tert-OH is 1. The summed E-state index contributed by atoms with van der Waals surface area (Å²) in [4.78, 5) is 16.7. The predicted octanol–water partition coefficient (Wildman–Crippen LogP) is 4.04. The van der Waals surface area contributed by atoms with E-state index in [2.05, 4.69) is 10.3 Å². The highest BCUT2D eigenvalue weighted by Crippen LogP contribution is 2.18. The molecule has 0 fully saturated rings. The molecule has 1 heterocycles. The molecular weight excluding hydrogens is 378 g/mol. The molecule has 1 amide bonds. The number of aryl methyl sites for hydroxylation is 1. The van der Waals surface area contributed by atoms with Gasteiger partial charge in [0.05, 0.1) is 17.6 Å². The molecule has 0 unspecified atom stereocenters. The Labute approximate surface area is 174 Å². The van der Waals surface area contributed by atoms with E-state index in [1.165, 1.54) is 0 Å². The van der Waals surface area contributed by atoms with Gasteiger partial charge in [-0.25, -0.2) is 4.98 Å². The lowest BCUT2D eigenvalue weighted by molar-refractivity contribution is 0.0929. The van der Waals surface area contributed by atoms with Crippen LogP contribution >= 0.6 is 0 Å². The SMILES string of the molecule is Cc1nc2ccccc2n1C[C@H](O)COc1ccc(NC(=O)c2ccccc2)cc1. The standard InChI is InChI=1S/C24H23N3O3/c1-17-25-22-9-5-6-10-23(22)27(17)15-20(28)16-30-21-13-11-19(12-14-21)26-24(29)18-7-3-2-4-8-18/h2-14,20,28H,15-16H2,1H3,(H,26,29)/t20-/m0/s1. The minimum atomic E-state index is -0.682. The Morgan fingerprint density at radius 1 is 1.03 bits per heavy atom. The Bertz CT molecular complexity index is 1140. The van der Waals surface area contributed by atoms with Crippen LogP contribution in [0.15, 0.2) is 78.9 Å². The van der Waals surface area contributed by atoms with Gasteiger partial charge in [-0.05, 0) is 55.5 Å². The molecule has 30 heavy (non-hydrogen) atoms. The van der Waals surface area contributed by atoms with E-state index in [1.807, 2.05) is 54.0 Å². The largest absolute Gasteiger partial charge is 0.491 e. The van der Waals surface area contributed by atoms with E-state index in [4.69, 9.17) is 4.74 Å². The quantitative estimate of drug-likeness (QED) is 0.490. The van der Waals surface area contributed by atoms with E-state index in [1.54, 1.807) is 36.4 Å². The Kier molecular flexibility index (Phi) is 5.77. The molecule has 0 saturated carbocycles. The number of hydrogen-bond donors (Lipinski definition) is 2. The molecule has 0 radical (unpaired) electrons. The first-order chi connectivity index (χ1) is 14.6. The zero-order valence-corrected chi connectivity index (χ0v) is 16.7. The van der Waals surface area contributed by atoms with Crippen LogP contribution in [0.3, 0.4) is 0 Å². The summed E-state index contributed by atoms with van der Waals surface area (Å²) >= 11 is 0. The van der Waals surface area contributed by atoms with E-state index in [-0.39, 0.29) is 12.5 Å². The second-order valence-electron chi connectivity index (χ2n) is 7.07. The average Bonchev–Trinajstić information content (AvgIpc) is 3.09. The zero-order chi connectivity index (χ0) is 20.9. The fourth-order valence-corrected chi connectivity index (χ4v) is 3.31. The van der Waals surface area contributed by atoms with Gasteiger partial charge in [-0.2, -0.15) is 0 Å². The number of aliphatic hydroxyl groups is 1. The number of ether oxygens (including phenoxy) is 1. The predicted molar refractivity (Wildman–Crippen MR) is 117 cm³/mol. The Balaban J connectivity index is 1.32. The van der Waals surface area contributed by atoms with Gasteiger partial charge in [0.1, 0.15) is 24.3 Å². The summed E-state index contributed by atoms with van der Waals surface area (Å²) in [6, 6.07) is 24.0. The van der Waals surface area contributed by atoms with Crippen LogP contribution in [0.5, 0.6) is 5.75 Å². The van der Waals surface area contributed by atoms with Crippen LogP contribution in [0.4, 0.5) is 5.69 Å². The molecule has 4 aromatic rings. The Hall–Kier alpha value is -3.64. The van der Waals surface area contributed by atoms with E-state index in [9.17, 15) is 9.90 Å². The molecule has 0 aliphatic rings. The van der Waals surface area contributed by atoms with Gasteiger partial charge in [-0.1, -0.05) is 30.3 Å². The molecule has 6 nitrogen and oxygen atoms in total. The fraction of sp³-hybridized carbons (Fsp3) is 0.167. The molecule has 3 aromatic carbocycles. The summed E-state index contributed by atoms with van der Waals surface area (Å²) in [6.45, 7) is 2.48. The lowest BCUT2D eigenvalue weighted by atomic mass is 10.2. The molecular formula is C24H23N3O3. The topological polar surface area (TPSA) is 76.4 Å². The van der Waals surface area contributed by atoms with Gasteiger partial charge in [0.25, 0.3) is 5.91 Å². The van der Waals surface area contributed by atoms with Crippen molar-refractivity contribution in [1.29, 1.82) is 0 Å². The van der Waals surface area contributed by atoms with Crippen molar-refractivity contribution in [1.82, 2.24) is 9.55 Å². The van der Waals surface area contributed by atoms with Crippen molar-refractivity contribution in [3.63, 3.8) is 0 Å². The van der Waals surface area contributed by atoms with Crippen molar-refractivity contribution in [3.05, 3.63) is 90.3 Å². The van der Waals surface area contributed by atoms with Crippen LogP contribution in [0.25, 0.3) is 11.0 Å². The summed E-state index contributed by atoms with van der Waals surface area (Å²) < 4.78 is 7.71. The third-order valence-electron chi connectivity index (χ3n) is 4.83. The summed E-state index contributed by atoms with van der Waals surface area (Å²) in [6.07, 6.45) is -0.682. The van der Waals surface area contributed by atoms with Crippen molar-refractivity contribution >= 4 is 22.6 Å². The van der Waals surface area contributed by atoms with Crippen LogP contribution in [0.1, 0.15) is 16.2 Å². The fourth-order valence-electron chi connectivity index (χ4n) is 3.31. The van der Waals surface area contributed by atoms with Crippen LogP contribution in [-0.4, -0.2) is 33.3 Å². The molecule has 0 aliphatic carbocycles. The van der Waals surface area contributed by atoms with Crippen LogP contribution in [-0.2, 0) is 6.54 Å². The number of carbonyl (C=O) groups is 1. The minimum Gasteiger partial charge on any atom is -0.491 e. The summed E-state index contributed by atoms with van der Waals surface area (Å²) in [5.74, 6) is 1.32. The number of aromatic nitrogens is 2. The number of fused-ring (bicyclic) bond motifs is 1. The van der Waals surface area contributed by atoms with Gasteiger partial charge >= 0.3 is 0 Å².